The molecule has 0 amide bonds. The van der Waals surface area contributed by atoms with Crippen molar-refractivity contribution < 1.29 is 4.43 Å². The van der Waals surface area contributed by atoms with E-state index in [0.29, 0.717) is 16.7 Å². The number of hydrogen-bond donors (Lipinski definition) is 0. The third-order valence-electron chi connectivity index (χ3n) is 1.59. The maximum Gasteiger partial charge on any atom is 0.184 e. The predicted molar refractivity (Wildman–Crippen MR) is 64.6 cm³/mol. The Kier molecular flexibility index (Phi) is 4.01. The minimum absolute atomic E-state index is 0.593. The Morgan fingerprint density at radius 3 is 2.00 bits per heavy atom. The minimum atomic E-state index is -1.46. The summed E-state index contributed by atoms with van der Waals surface area (Å²) in [7, 11) is -1.46. The Labute approximate surface area is 96.1 Å². The van der Waals surface area contributed by atoms with E-state index in [-0.39, 0.29) is 0 Å². The summed E-state index contributed by atoms with van der Waals surface area (Å²) in [6.07, 6.45) is 0. The Hall–Kier alpha value is -0.0231. The minimum Gasteiger partial charge on any atom is -0.413 e. The van der Waals surface area contributed by atoms with Crippen LogP contribution in [0.25, 0.3) is 0 Å². The Balaban J connectivity index is 2.68. The highest BCUT2D eigenvalue weighted by atomic mass is 35.5. The smallest absolute Gasteiger partial charge is 0.184 e. The molecule has 1 aromatic rings. The fraction of sp³-hybridized carbons (Fsp3) is 0.400. The first-order chi connectivity index (χ1) is 6.37. The van der Waals surface area contributed by atoms with Crippen molar-refractivity contribution >= 4 is 31.5 Å². The van der Waals surface area contributed by atoms with Gasteiger partial charge in [0.15, 0.2) is 8.32 Å². The lowest BCUT2D eigenvalue weighted by Crippen LogP contribution is -2.24. The van der Waals surface area contributed by atoms with Crippen molar-refractivity contribution in [3.05, 3.63) is 33.8 Å². The third-order valence-corrected chi connectivity index (χ3v) is 3.04. The van der Waals surface area contributed by atoms with E-state index in [1.807, 2.05) is 12.1 Å². The molecule has 1 rings (SSSR count). The monoisotopic (exact) mass is 248 g/mol. The summed E-state index contributed by atoms with van der Waals surface area (Å²) in [5, 5.41) is 1.32. The second-order valence-electron chi connectivity index (χ2n) is 4.18. The molecule has 14 heavy (non-hydrogen) atoms. The Morgan fingerprint density at radius 1 is 1.07 bits per heavy atom. The van der Waals surface area contributed by atoms with Crippen LogP contribution in [0, 0.1) is 0 Å². The average Bonchev–Trinajstić information content (AvgIpc) is 1.97. The van der Waals surface area contributed by atoms with Gasteiger partial charge in [-0.05, 0) is 43.4 Å². The lowest BCUT2D eigenvalue weighted by Gasteiger charge is -2.17. The van der Waals surface area contributed by atoms with Gasteiger partial charge in [0.2, 0.25) is 0 Å². The molecule has 0 aliphatic carbocycles. The molecule has 0 heterocycles. The van der Waals surface area contributed by atoms with Crippen molar-refractivity contribution in [2.75, 3.05) is 0 Å². The molecule has 0 aliphatic heterocycles. The molecule has 0 aliphatic rings. The van der Waals surface area contributed by atoms with E-state index in [1.165, 1.54) is 0 Å². The lowest BCUT2D eigenvalue weighted by atomic mass is 10.2. The maximum absolute atomic E-state index is 5.87. The van der Waals surface area contributed by atoms with E-state index in [4.69, 9.17) is 27.6 Å². The second kappa shape index (κ2) is 4.66. The quantitative estimate of drug-likeness (QED) is 0.724. The van der Waals surface area contributed by atoms with Crippen LogP contribution in [0.15, 0.2) is 18.2 Å². The zero-order valence-corrected chi connectivity index (χ0v) is 11.1. The lowest BCUT2D eigenvalue weighted by molar-refractivity contribution is 0.299. The van der Waals surface area contributed by atoms with Gasteiger partial charge in [0.1, 0.15) is 0 Å². The van der Waals surface area contributed by atoms with E-state index < -0.39 is 8.32 Å². The second-order valence-corrected chi connectivity index (χ2v) is 9.57. The molecule has 0 fully saturated rings. The molecule has 0 spiro atoms. The molecule has 0 saturated heterocycles. The number of benzene rings is 1. The van der Waals surface area contributed by atoms with Crippen molar-refractivity contribution in [3.63, 3.8) is 0 Å². The van der Waals surface area contributed by atoms with Crippen LogP contribution in [0.4, 0.5) is 0 Å². The largest absolute Gasteiger partial charge is 0.413 e. The summed E-state index contributed by atoms with van der Waals surface area (Å²) in [6, 6.07) is 5.49. The van der Waals surface area contributed by atoms with Gasteiger partial charge in [-0.25, -0.2) is 0 Å². The van der Waals surface area contributed by atoms with E-state index in [2.05, 4.69) is 19.6 Å². The number of halogens is 2. The highest BCUT2D eigenvalue weighted by molar-refractivity contribution is 6.69. The molecule has 78 valence electrons. The van der Waals surface area contributed by atoms with E-state index >= 15 is 0 Å². The molecule has 1 aromatic carbocycles. The highest BCUT2D eigenvalue weighted by Gasteiger charge is 2.14. The first-order valence-electron chi connectivity index (χ1n) is 4.46. The van der Waals surface area contributed by atoms with Crippen molar-refractivity contribution in [1.82, 2.24) is 0 Å². The molecular formula is C10H14Cl2OSi. The van der Waals surface area contributed by atoms with Gasteiger partial charge in [-0.3, -0.25) is 0 Å². The first-order valence-corrected chi connectivity index (χ1v) is 8.62. The molecule has 0 unspecified atom stereocenters. The summed E-state index contributed by atoms with van der Waals surface area (Å²) in [5.41, 5.74) is 1.03. The molecule has 0 saturated carbocycles. The fourth-order valence-electron chi connectivity index (χ4n) is 0.994. The third kappa shape index (κ3) is 4.47. The van der Waals surface area contributed by atoms with Crippen LogP contribution in [0.1, 0.15) is 5.56 Å². The van der Waals surface area contributed by atoms with Gasteiger partial charge in [-0.2, -0.15) is 0 Å². The van der Waals surface area contributed by atoms with Crippen LogP contribution in [0.3, 0.4) is 0 Å². The van der Waals surface area contributed by atoms with Gasteiger partial charge < -0.3 is 4.43 Å². The summed E-state index contributed by atoms with van der Waals surface area (Å²) in [6.45, 7) is 7.05. The van der Waals surface area contributed by atoms with E-state index in [9.17, 15) is 0 Å². The van der Waals surface area contributed by atoms with Gasteiger partial charge >= 0.3 is 0 Å². The van der Waals surface area contributed by atoms with Gasteiger partial charge in [-0.15, -0.1) is 0 Å². The Bertz CT molecular complexity index is 300. The molecule has 0 bridgehead atoms. The van der Waals surface area contributed by atoms with E-state index in [1.54, 1.807) is 6.07 Å². The first kappa shape index (κ1) is 12.0. The summed E-state index contributed by atoms with van der Waals surface area (Å²) in [5.74, 6) is 0. The van der Waals surface area contributed by atoms with Crippen LogP contribution in [0.5, 0.6) is 0 Å². The normalized spacial score (nSPS) is 11.8. The topological polar surface area (TPSA) is 9.23 Å². The Morgan fingerprint density at radius 2 is 1.57 bits per heavy atom. The standard InChI is InChI=1S/C10H14Cl2OSi/c1-14(2,3)13-7-8-4-9(11)6-10(12)5-8/h4-6H,7H2,1-3H3. The van der Waals surface area contributed by atoms with Gasteiger partial charge in [0.25, 0.3) is 0 Å². The van der Waals surface area contributed by atoms with Crippen LogP contribution in [-0.4, -0.2) is 8.32 Å². The molecule has 0 aromatic heterocycles. The zero-order valence-electron chi connectivity index (χ0n) is 8.60. The average molecular weight is 249 g/mol. The predicted octanol–water partition coefficient (Wildman–Crippen LogP) is 4.34. The highest BCUT2D eigenvalue weighted by Crippen LogP contribution is 2.20. The molecular weight excluding hydrogens is 235 g/mol. The SMILES string of the molecule is C[Si](C)(C)OCc1cc(Cl)cc(Cl)c1. The van der Waals surface area contributed by atoms with Crippen molar-refractivity contribution in [1.29, 1.82) is 0 Å². The molecule has 0 atom stereocenters. The summed E-state index contributed by atoms with van der Waals surface area (Å²) >= 11 is 11.7. The fourth-order valence-corrected chi connectivity index (χ4v) is 2.17. The van der Waals surface area contributed by atoms with Crippen LogP contribution >= 0.6 is 23.2 Å². The summed E-state index contributed by atoms with van der Waals surface area (Å²) < 4.78 is 5.75. The summed E-state index contributed by atoms with van der Waals surface area (Å²) in [4.78, 5) is 0. The van der Waals surface area contributed by atoms with Gasteiger partial charge in [0, 0.05) is 10.0 Å². The van der Waals surface area contributed by atoms with Gasteiger partial charge in [-0.1, -0.05) is 23.2 Å². The van der Waals surface area contributed by atoms with Crippen LogP contribution in [0.2, 0.25) is 29.7 Å². The molecule has 0 N–H and O–H groups in total. The van der Waals surface area contributed by atoms with Crippen LogP contribution in [-0.2, 0) is 11.0 Å². The van der Waals surface area contributed by atoms with Gasteiger partial charge in [0.05, 0.1) is 6.61 Å². The van der Waals surface area contributed by atoms with Crippen molar-refractivity contribution in [2.45, 2.75) is 26.2 Å². The van der Waals surface area contributed by atoms with Crippen molar-refractivity contribution in [3.8, 4) is 0 Å². The maximum atomic E-state index is 5.87. The van der Waals surface area contributed by atoms with E-state index in [0.717, 1.165) is 5.56 Å². The molecule has 4 heteroatoms. The molecule has 1 nitrogen and oxygen atoms in total. The van der Waals surface area contributed by atoms with Crippen molar-refractivity contribution in [2.24, 2.45) is 0 Å². The zero-order chi connectivity index (χ0) is 10.8. The number of hydrogen-bond acceptors (Lipinski definition) is 1. The van der Waals surface area contributed by atoms with Crippen LogP contribution < -0.4 is 0 Å². The number of rotatable bonds is 3. The molecule has 0 radical (unpaired) electrons.